The van der Waals surface area contributed by atoms with Gasteiger partial charge < -0.3 is 10.6 Å². The highest BCUT2D eigenvalue weighted by Gasteiger charge is 2.32. The van der Waals surface area contributed by atoms with Gasteiger partial charge in [0.05, 0.1) is 5.69 Å². The van der Waals surface area contributed by atoms with E-state index in [1.165, 1.54) is 29.3 Å². The van der Waals surface area contributed by atoms with Crippen LogP contribution < -0.4 is 5.73 Å². The molecular weight excluding hydrogens is 293 g/mol. The van der Waals surface area contributed by atoms with E-state index in [-0.39, 0.29) is 10.6 Å². The van der Waals surface area contributed by atoms with Crippen molar-refractivity contribution in [1.82, 2.24) is 9.21 Å². The molecule has 3 rings (SSSR count). The van der Waals surface area contributed by atoms with E-state index in [4.69, 9.17) is 5.73 Å². The van der Waals surface area contributed by atoms with Crippen LogP contribution in [0.1, 0.15) is 12.8 Å². The second-order valence-corrected chi connectivity index (χ2v) is 7.74. The molecule has 1 aromatic carbocycles. The lowest BCUT2D eigenvalue weighted by molar-refractivity contribution is 0.182. The maximum Gasteiger partial charge on any atom is 0.245 e. The smallest absolute Gasteiger partial charge is 0.245 e. The van der Waals surface area contributed by atoms with E-state index in [0.717, 1.165) is 31.6 Å². The third-order valence-electron chi connectivity index (χ3n) is 4.14. The summed E-state index contributed by atoms with van der Waals surface area (Å²) in [6, 6.07) is 3.47. The molecule has 21 heavy (non-hydrogen) atoms. The van der Waals surface area contributed by atoms with Crippen molar-refractivity contribution < 1.29 is 12.8 Å². The molecule has 1 saturated heterocycles. The van der Waals surface area contributed by atoms with Crippen LogP contribution >= 0.6 is 0 Å². The molecule has 0 atom stereocenters. The average molecular weight is 313 g/mol. The summed E-state index contributed by atoms with van der Waals surface area (Å²) in [6.45, 7) is 3.39. The first-order valence-corrected chi connectivity index (χ1v) is 8.68. The molecule has 1 aromatic rings. The molecule has 2 fully saturated rings. The van der Waals surface area contributed by atoms with Crippen LogP contribution in [0.2, 0.25) is 0 Å². The Kier molecular flexibility index (Phi) is 3.90. The number of halogens is 1. The minimum atomic E-state index is -3.71. The SMILES string of the molecule is Nc1ccc(F)cc1S(=O)(=O)N1CCN(CC2CC2)CC1. The number of piperazine rings is 1. The van der Waals surface area contributed by atoms with Crippen molar-refractivity contribution >= 4 is 15.7 Å². The van der Waals surface area contributed by atoms with Crippen LogP contribution in [0.5, 0.6) is 0 Å². The minimum absolute atomic E-state index is 0.0943. The quantitative estimate of drug-likeness (QED) is 0.846. The highest BCUT2D eigenvalue weighted by atomic mass is 32.2. The lowest BCUT2D eigenvalue weighted by Crippen LogP contribution is -2.49. The zero-order valence-electron chi connectivity index (χ0n) is 11.8. The Morgan fingerprint density at radius 2 is 1.86 bits per heavy atom. The second-order valence-electron chi connectivity index (χ2n) is 5.83. The van der Waals surface area contributed by atoms with Gasteiger partial charge in [0.15, 0.2) is 0 Å². The number of sulfonamides is 1. The summed E-state index contributed by atoms with van der Waals surface area (Å²) in [5.41, 5.74) is 5.80. The van der Waals surface area contributed by atoms with Crippen molar-refractivity contribution in [3.05, 3.63) is 24.0 Å². The summed E-state index contributed by atoms with van der Waals surface area (Å²) in [5.74, 6) is 0.210. The second kappa shape index (κ2) is 5.55. The molecule has 0 radical (unpaired) electrons. The molecule has 1 aliphatic heterocycles. The van der Waals surface area contributed by atoms with Gasteiger partial charge in [0.2, 0.25) is 10.0 Å². The van der Waals surface area contributed by atoms with Crippen LogP contribution in [0.15, 0.2) is 23.1 Å². The van der Waals surface area contributed by atoms with E-state index < -0.39 is 15.8 Å². The predicted octanol–water partition coefficient (Wildman–Crippen LogP) is 1.12. The van der Waals surface area contributed by atoms with Gasteiger partial charge in [0, 0.05) is 32.7 Å². The maximum absolute atomic E-state index is 13.3. The lowest BCUT2D eigenvalue weighted by atomic mass is 10.3. The maximum atomic E-state index is 13.3. The number of anilines is 1. The molecular formula is C14H20FN3O2S. The van der Waals surface area contributed by atoms with Gasteiger partial charge in [-0.3, -0.25) is 0 Å². The third kappa shape index (κ3) is 3.20. The van der Waals surface area contributed by atoms with Gasteiger partial charge in [0.1, 0.15) is 10.7 Å². The summed E-state index contributed by atoms with van der Waals surface area (Å²) >= 11 is 0. The molecule has 5 nitrogen and oxygen atoms in total. The number of nitrogen functional groups attached to an aromatic ring is 1. The first kappa shape index (κ1) is 14.7. The Bertz CT molecular complexity index is 623. The number of hydrogen-bond acceptors (Lipinski definition) is 4. The van der Waals surface area contributed by atoms with Gasteiger partial charge in [0.25, 0.3) is 0 Å². The molecule has 0 unspecified atom stereocenters. The van der Waals surface area contributed by atoms with Crippen LogP contribution in [0, 0.1) is 11.7 Å². The molecule has 0 amide bonds. The van der Waals surface area contributed by atoms with Crippen LogP contribution in [-0.4, -0.2) is 50.3 Å². The number of hydrogen-bond donors (Lipinski definition) is 1. The predicted molar refractivity (Wildman–Crippen MR) is 78.7 cm³/mol. The van der Waals surface area contributed by atoms with Gasteiger partial charge in [-0.2, -0.15) is 4.31 Å². The Hall–Kier alpha value is -1.18. The standard InChI is InChI=1S/C14H20FN3O2S/c15-12-3-4-13(16)14(9-12)21(19,20)18-7-5-17(6-8-18)10-11-1-2-11/h3-4,9,11H,1-2,5-8,10,16H2. The van der Waals surface area contributed by atoms with Crippen LogP contribution in [0.3, 0.4) is 0 Å². The zero-order valence-corrected chi connectivity index (χ0v) is 12.7. The van der Waals surface area contributed by atoms with Crippen molar-refractivity contribution in [2.24, 2.45) is 5.92 Å². The summed E-state index contributed by atoms with van der Waals surface area (Å²) in [6.07, 6.45) is 2.58. The average Bonchev–Trinajstić information content (AvgIpc) is 3.26. The summed E-state index contributed by atoms with van der Waals surface area (Å²) in [5, 5.41) is 0. The van der Waals surface area contributed by atoms with Crippen molar-refractivity contribution in [2.75, 3.05) is 38.5 Å². The van der Waals surface area contributed by atoms with Crippen molar-refractivity contribution in [2.45, 2.75) is 17.7 Å². The first-order valence-electron chi connectivity index (χ1n) is 7.24. The molecule has 1 saturated carbocycles. The monoisotopic (exact) mass is 313 g/mol. The number of rotatable bonds is 4. The molecule has 7 heteroatoms. The topological polar surface area (TPSA) is 66.6 Å². The Morgan fingerprint density at radius 3 is 2.48 bits per heavy atom. The van der Waals surface area contributed by atoms with Gasteiger partial charge >= 0.3 is 0 Å². The number of nitrogens with two attached hydrogens (primary N) is 1. The Morgan fingerprint density at radius 1 is 1.19 bits per heavy atom. The summed E-state index contributed by atoms with van der Waals surface area (Å²) in [7, 11) is -3.71. The summed E-state index contributed by atoms with van der Waals surface area (Å²) < 4.78 is 39.8. The van der Waals surface area contributed by atoms with Crippen molar-refractivity contribution in [1.29, 1.82) is 0 Å². The van der Waals surface area contributed by atoms with E-state index in [1.807, 2.05) is 0 Å². The minimum Gasteiger partial charge on any atom is -0.398 e. The molecule has 0 aromatic heterocycles. The molecule has 1 heterocycles. The van der Waals surface area contributed by atoms with Gasteiger partial charge in [-0.15, -0.1) is 0 Å². The highest BCUT2D eigenvalue weighted by Crippen LogP contribution is 2.30. The Labute approximate surface area is 124 Å². The fourth-order valence-electron chi connectivity index (χ4n) is 2.69. The van der Waals surface area contributed by atoms with Crippen LogP contribution in [-0.2, 0) is 10.0 Å². The van der Waals surface area contributed by atoms with E-state index in [2.05, 4.69) is 4.90 Å². The molecule has 0 spiro atoms. The van der Waals surface area contributed by atoms with Gasteiger partial charge in [-0.1, -0.05) is 0 Å². The molecule has 2 aliphatic rings. The van der Waals surface area contributed by atoms with E-state index in [1.54, 1.807) is 0 Å². The Balaban J connectivity index is 1.72. The normalized spacial score (nSPS) is 21.6. The van der Waals surface area contributed by atoms with E-state index in [0.29, 0.717) is 13.1 Å². The van der Waals surface area contributed by atoms with Crippen LogP contribution in [0.25, 0.3) is 0 Å². The van der Waals surface area contributed by atoms with Crippen molar-refractivity contribution in [3.63, 3.8) is 0 Å². The fraction of sp³-hybridized carbons (Fsp3) is 0.571. The largest absolute Gasteiger partial charge is 0.398 e. The lowest BCUT2D eigenvalue weighted by Gasteiger charge is -2.34. The van der Waals surface area contributed by atoms with Gasteiger partial charge in [-0.25, -0.2) is 12.8 Å². The number of nitrogens with zero attached hydrogens (tertiary/aromatic N) is 2. The highest BCUT2D eigenvalue weighted by molar-refractivity contribution is 7.89. The van der Waals surface area contributed by atoms with Crippen LogP contribution in [0.4, 0.5) is 10.1 Å². The first-order chi connectivity index (χ1) is 9.96. The third-order valence-corrected chi connectivity index (χ3v) is 6.09. The molecule has 1 aliphatic carbocycles. The zero-order chi connectivity index (χ0) is 15.0. The van der Waals surface area contributed by atoms with E-state index >= 15 is 0 Å². The fourth-order valence-corrected chi connectivity index (χ4v) is 4.24. The molecule has 0 bridgehead atoms. The van der Waals surface area contributed by atoms with Crippen molar-refractivity contribution in [3.8, 4) is 0 Å². The molecule has 2 N–H and O–H groups in total. The van der Waals surface area contributed by atoms with Gasteiger partial charge in [-0.05, 0) is 37.0 Å². The summed E-state index contributed by atoms with van der Waals surface area (Å²) in [4.78, 5) is 2.18. The van der Waals surface area contributed by atoms with E-state index in [9.17, 15) is 12.8 Å². The molecule has 116 valence electrons. The number of benzene rings is 1.